The lowest BCUT2D eigenvalue weighted by Crippen LogP contribution is -2.49. The molecule has 0 spiro atoms. The summed E-state index contributed by atoms with van der Waals surface area (Å²) in [4.78, 5) is 37.4. The molecule has 0 aliphatic carbocycles. The maximum atomic E-state index is 12.6. The van der Waals surface area contributed by atoms with Crippen LogP contribution in [-0.2, 0) is 22.4 Å². The van der Waals surface area contributed by atoms with Crippen molar-refractivity contribution in [3.8, 4) is 0 Å². The van der Waals surface area contributed by atoms with E-state index in [4.69, 9.17) is 0 Å². The van der Waals surface area contributed by atoms with Crippen molar-refractivity contribution in [1.82, 2.24) is 14.9 Å². The molecule has 1 saturated heterocycles. The summed E-state index contributed by atoms with van der Waals surface area (Å²) in [6.07, 6.45) is 4.96. The summed E-state index contributed by atoms with van der Waals surface area (Å²) in [5, 5.41) is 2.97. The number of benzene rings is 1. The van der Waals surface area contributed by atoms with Crippen molar-refractivity contribution < 1.29 is 9.59 Å². The van der Waals surface area contributed by atoms with Crippen LogP contribution in [0.15, 0.2) is 36.7 Å². The summed E-state index contributed by atoms with van der Waals surface area (Å²) in [5.41, 5.74) is 3.05. The molecule has 0 unspecified atom stereocenters. The van der Waals surface area contributed by atoms with Crippen molar-refractivity contribution in [2.24, 2.45) is 0 Å². The van der Waals surface area contributed by atoms with Gasteiger partial charge in [0.2, 0.25) is 17.8 Å². The molecule has 28 heavy (non-hydrogen) atoms. The van der Waals surface area contributed by atoms with Crippen molar-refractivity contribution in [2.75, 3.05) is 36.4 Å². The minimum atomic E-state index is -0.255. The second kappa shape index (κ2) is 9.30. The number of para-hydroxylation sites is 1. The molecule has 0 radical (unpaired) electrons. The summed E-state index contributed by atoms with van der Waals surface area (Å²) in [6, 6.07) is 7.82. The second-order valence-electron chi connectivity index (χ2n) is 6.80. The first-order chi connectivity index (χ1) is 13.6. The van der Waals surface area contributed by atoms with E-state index >= 15 is 0 Å². The largest absolute Gasteiger partial charge is 0.339 e. The molecular formula is C21H27N5O2. The molecular weight excluding hydrogens is 354 g/mol. The fraction of sp³-hybridized carbons (Fsp3) is 0.429. The van der Waals surface area contributed by atoms with Crippen LogP contribution in [0, 0.1) is 0 Å². The van der Waals surface area contributed by atoms with Gasteiger partial charge in [0, 0.05) is 44.3 Å². The zero-order valence-corrected chi connectivity index (χ0v) is 16.5. The Labute approximate surface area is 165 Å². The highest BCUT2D eigenvalue weighted by Gasteiger charge is 2.24. The molecule has 2 heterocycles. The fourth-order valence-electron chi connectivity index (χ4n) is 3.45. The van der Waals surface area contributed by atoms with Gasteiger partial charge >= 0.3 is 0 Å². The number of hydrogen-bond donors (Lipinski definition) is 1. The van der Waals surface area contributed by atoms with Gasteiger partial charge < -0.3 is 15.1 Å². The third-order valence-electron chi connectivity index (χ3n) is 5.04. The van der Waals surface area contributed by atoms with Crippen LogP contribution in [-0.4, -0.2) is 52.9 Å². The van der Waals surface area contributed by atoms with Gasteiger partial charge in [0.05, 0.1) is 0 Å². The first-order valence-corrected chi connectivity index (χ1v) is 9.82. The van der Waals surface area contributed by atoms with Crippen molar-refractivity contribution in [3.63, 3.8) is 0 Å². The number of piperazine rings is 1. The number of nitrogens with zero attached hydrogens (tertiary/aromatic N) is 4. The molecule has 1 aliphatic rings. The van der Waals surface area contributed by atoms with Crippen LogP contribution in [0.3, 0.4) is 0 Å². The van der Waals surface area contributed by atoms with Gasteiger partial charge in [-0.3, -0.25) is 9.59 Å². The number of aryl methyl sites for hydroxylation is 2. The minimum absolute atomic E-state index is 0.136. The van der Waals surface area contributed by atoms with Crippen molar-refractivity contribution >= 4 is 23.5 Å². The predicted molar refractivity (Wildman–Crippen MR) is 109 cm³/mol. The Morgan fingerprint density at radius 2 is 1.57 bits per heavy atom. The van der Waals surface area contributed by atoms with E-state index in [0.717, 1.165) is 29.7 Å². The lowest BCUT2D eigenvalue weighted by Gasteiger charge is -2.34. The van der Waals surface area contributed by atoms with Gasteiger partial charge in [-0.05, 0) is 30.0 Å². The van der Waals surface area contributed by atoms with Gasteiger partial charge in [0.15, 0.2) is 0 Å². The van der Waals surface area contributed by atoms with Crippen LogP contribution >= 0.6 is 0 Å². The van der Waals surface area contributed by atoms with Crippen molar-refractivity contribution in [3.05, 3.63) is 47.8 Å². The Balaban J connectivity index is 1.55. The highest BCUT2D eigenvalue weighted by molar-refractivity contribution is 6.04. The third kappa shape index (κ3) is 4.65. The summed E-state index contributed by atoms with van der Waals surface area (Å²) < 4.78 is 0. The predicted octanol–water partition coefficient (Wildman–Crippen LogP) is 2.28. The van der Waals surface area contributed by atoms with Crippen molar-refractivity contribution in [1.29, 1.82) is 0 Å². The molecule has 1 aromatic heterocycles. The Bertz CT molecular complexity index is 795. The Hall–Kier alpha value is -2.96. The van der Waals surface area contributed by atoms with Crippen LogP contribution in [0.2, 0.25) is 0 Å². The minimum Gasteiger partial charge on any atom is -0.339 e. The van der Waals surface area contributed by atoms with E-state index in [1.54, 1.807) is 23.4 Å². The van der Waals surface area contributed by atoms with Crippen LogP contribution in [0.4, 0.5) is 11.6 Å². The Kier molecular flexibility index (Phi) is 6.57. The Morgan fingerprint density at radius 3 is 2.14 bits per heavy atom. The van der Waals surface area contributed by atoms with E-state index < -0.39 is 0 Å². The van der Waals surface area contributed by atoms with E-state index in [0.29, 0.717) is 32.1 Å². The summed E-state index contributed by atoms with van der Waals surface area (Å²) in [5.74, 6) is 0.281. The van der Waals surface area contributed by atoms with Crippen LogP contribution < -0.4 is 10.2 Å². The molecule has 0 atom stereocenters. The second-order valence-corrected chi connectivity index (χ2v) is 6.80. The highest BCUT2D eigenvalue weighted by atomic mass is 16.2. The number of amides is 2. The van der Waals surface area contributed by atoms with Gasteiger partial charge in [0.1, 0.15) is 6.42 Å². The monoisotopic (exact) mass is 381 g/mol. The van der Waals surface area contributed by atoms with E-state index in [2.05, 4.69) is 34.0 Å². The van der Waals surface area contributed by atoms with Crippen LogP contribution in [0.1, 0.15) is 31.4 Å². The molecule has 1 aliphatic heterocycles. The average molecular weight is 381 g/mol. The number of rotatable bonds is 6. The topological polar surface area (TPSA) is 78.4 Å². The third-order valence-corrected chi connectivity index (χ3v) is 5.04. The molecule has 2 amide bonds. The quantitative estimate of drug-likeness (QED) is 0.777. The van der Waals surface area contributed by atoms with Gasteiger partial charge in [-0.1, -0.05) is 32.0 Å². The molecule has 1 N–H and O–H groups in total. The summed E-state index contributed by atoms with van der Waals surface area (Å²) >= 11 is 0. The standard InChI is InChI=1S/C21H27N5O2/c1-3-16-7-5-8-17(4-2)20(16)24-18(27)15-19(28)25-11-13-26(14-12-25)21-22-9-6-10-23-21/h5-10H,3-4,11-15H2,1-2H3,(H,24,27). The molecule has 3 rings (SSSR count). The maximum Gasteiger partial charge on any atom is 0.233 e. The molecule has 0 saturated carbocycles. The molecule has 7 heteroatoms. The van der Waals surface area contributed by atoms with Crippen LogP contribution in [0.5, 0.6) is 0 Å². The molecule has 1 fully saturated rings. The number of hydrogen-bond acceptors (Lipinski definition) is 5. The lowest BCUT2D eigenvalue weighted by atomic mass is 10.0. The number of nitrogens with one attached hydrogen (secondary N) is 1. The molecule has 1 aromatic carbocycles. The Morgan fingerprint density at radius 1 is 0.964 bits per heavy atom. The van der Waals surface area contributed by atoms with Gasteiger partial charge in [0.25, 0.3) is 0 Å². The lowest BCUT2D eigenvalue weighted by molar-refractivity contribution is -0.134. The molecule has 2 aromatic rings. The average Bonchev–Trinajstić information content (AvgIpc) is 2.74. The van der Waals surface area contributed by atoms with Gasteiger partial charge in [-0.15, -0.1) is 0 Å². The fourth-order valence-corrected chi connectivity index (χ4v) is 3.45. The van der Waals surface area contributed by atoms with Crippen molar-refractivity contribution in [2.45, 2.75) is 33.1 Å². The molecule has 7 nitrogen and oxygen atoms in total. The number of carbonyl (C=O) groups is 2. The molecule has 0 bridgehead atoms. The molecule has 148 valence electrons. The summed E-state index contributed by atoms with van der Waals surface area (Å²) in [7, 11) is 0. The van der Waals surface area contributed by atoms with E-state index in [-0.39, 0.29) is 18.2 Å². The van der Waals surface area contributed by atoms with E-state index in [9.17, 15) is 9.59 Å². The first-order valence-electron chi connectivity index (χ1n) is 9.82. The normalized spacial score (nSPS) is 14.1. The zero-order valence-electron chi connectivity index (χ0n) is 16.5. The SMILES string of the molecule is CCc1cccc(CC)c1NC(=O)CC(=O)N1CCN(c2ncccn2)CC1. The number of carbonyl (C=O) groups excluding carboxylic acids is 2. The zero-order chi connectivity index (χ0) is 19.9. The number of anilines is 2. The maximum absolute atomic E-state index is 12.6. The van der Waals surface area contributed by atoms with Gasteiger partial charge in [-0.2, -0.15) is 0 Å². The van der Waals surface area contributed by atoms with E-state index in [1.165, 1.54) is 0 Å². The highest BCUT2D eigenvalue weighted by Crippen LogP contribution is 2.23. The summed E-state index contributed by atoms with van der Waals surface area (Å²) in [6.45, 7) is 6.58. The van der Waals surface area contributed by atoms with E-state index in [1.807, 2.05) is 18.2 Å². The smallest absolute Gasteiger partial charge is 0.233 e. The van der Waals surface area contributed by atoms with Gasteiger partial charge in [-0.25, -0.2) is 9.97 Å². The van der Waals surface area contributed by atoms with Crippen LogP contribution in [0.25, 0.3) is 0 Å². The number of aromatic nitrogens is 2. The first kappa shape index (κ1) is 19.8.